The minimum atomic E-state index is -1.07. The molecule has 1 aromatic carbocycles. The molecular weight excluding hydrogens is 303 g/mol. The smallest absolute Gasteiger partial charge is 0.323 e. The van der Waals surface area contributed by atoms with Gasteiger partial charge in [-0.2, -0.15) is 0 Å². The lowest BCUT2D eigenvalue weighted by atomic mass is 10.2. The standard InChI is InChI=1S/C13H16Cl2N2O3/c1-3-4-17(7-12(18)19)13(20)16-11-6-9(14)8(2)5-10(11)15/h5-6H,3-4,7H2,1-2H3,(H,16,20)(H,18,19). The third kappa shape index (κ3) is 4.58. The number of aryl methyl sites for hydroxylation is 1. The molecule has 0 radical (unpaired) electrons. The van der Waals surface area contributed by atoms with Crippen molar-refractivity contribution in [3.63, 3.8) is 0 Å². The molecule has 0 bridgehead atoms. The minimum Gasteiger partial charge on any atom is -0.480 e. The van der Waals surface area contributed by atoms with Gasteiger partial charge in [0, 0.05) is 11.6 Å². The first-order valence-electron chi connectivity index (χ1n) is 6.08. The maximum Gasteiger partial charge on any atom is 0.323 e. The summed E-state index contributed by atoms with van der Waals surface area (Å²) in [6.07, 6.45) is 0.656. The van der Waals surface area contributed by atoms with Crippen LogP contribution in [0, 0.1) is 6.92 Å². The van der Waals surface area contributed by atoms with Gasteiger partial charge in [-0.3, -0.25) is 4.79 Å². The van der Waals surface area contributed by atoms with E-state index in [2.05, 4.69) is 5.32 Å². The van der Waals surface area contributed by atoms with E-state index in [1.807, 2.05) is 6.92 Å². The van der Waals surface area contributed by atoms with E-state index in [4.69, 9.17) is 28.3 Å². The number of carbonyl (C=O) groups excluding carboxylic acids is 1. The highest BCUT2D eigenvalue weighted by Crippen LogP contribution is 2.28. The number of nitrogens with one attached hydrogen (secondary N) is 1. The monoisotopic (exact) mass is 318 g/mol. The Bertz CT molecular complexity index is 521. The van der Waals surface area contributed by atoms with Gasteiger partial charge in [-0.1, -0.05) is 30.1 Å². The Morgan fingerprint density at radius 1 is 1.30 bits per heavy atom. The summed E-state index contributed by atoms with van der Waals surface area (Å²) < 4.78 is 0. The number of rotatable bonds is 5. The Morgan fingerprint density at radius 2 is 1.95 bits per heavy atom. The van der Waals surface area contributed by atoms with Gasteiger partial charge in [-0.05, 0) is 31.0 Å². The first-order chi connectivity index (χ1) is 9.35. The molecule has 20 heavy (non-hydrogen) atoms. The van der Waals surface area contributed by atoms with Crippen LogP contribution in [0.4, 0.5) is 10.5 Å². The normalized spacial score (nSPS) is 10.2. The number of benzene rings is 1. The third-order valence-electron chi connectivity index (χ3n) is 2.60. The number of carbonyl (C=O) groups is 2. The summed E-state index contributed by atoms with van der Waals surface area (Å²) in [6, 6.07) is 2.67. The second kappa shape index (κ2) is 7.36. The van der Waals surface area contributed by atoms with Crippen LogP contribution in [0.25, 0.3) is 0 Å². The van der Waals surface area contributed by atoms with Gasteiger partial charge in [-0.25, -0.2) is 4.79 Å². The molecule has 5 nitrogen and oxygen atoms in total. The number of halogens is 2. The predicted molar refractivity (Wildman–Crippen MR) is 79.7 cm³/mol. The Hall–Kier alpha value is -1.46. The number of anilines is 1. The topological polar surface area (TPSA) is 69.6 Å². The molecule has 0 fully saturated rings. The van der Waals surface area contributed by atoms with Crippen molar-refractivity contribution in [3.8, 4) is 0 Å². The lowest BCUT2D eigenvalue weighted by molar-refractivity contribution is -0.137. The van der Waals surface area contributed by atoms with Crippen LogP contribution in [-0.4, -0.2) is 35.1 Å². The fourth-order valence-corrected chi connectivity index (χ4v) is 2.05. The highest BCUT2D eigenvalue weighted by molar-refractivity contribution is 6.36. The van der Waals surface area contributed by atoms with Crippen LogP contribution in [-0.2, 0) is 4.79 Å². The van der Waals surface area contributed by atoms with Crippen LogP contribution in [0.15, 0.2) is 12.1 Å². The lowest BCUT2D eigenvalue weighted by Crippen LogP contribution is -2.39. The van der Waals surface area contributed by atoms with Crippen LogP contribution in [0.5, 0.6) is 0 Å². The summed E-state index contributed by atoms with van der Waals surface area (Å²) in [4.78, 5) is 24.0. The molecule has 7 heteroatoms. The van der Waals surface area contributed by atoms with Gasteiger partial charge in [0.2, 0.25) is 0 Å². The van der Waals surface area contributed by atoms with E-state index in [1.54, 1.807) is 19.1 Å². The van der Waals surface area contributed by atoms with Crippen molar-refractivity contribution in [2.75, 3.05) is 18.4 Å². The number of carboxylic acid groups (broad SMARTS) is 1. The molecule has 1 aromatic rings. The van der Waals surface area contributed by atoms with Crippen LogP contribution < -0.4 is 5.32 Å². The fraction of sp³-hybridized carbons (Fsp3) is 0.385. The molecule has 0 saturated heterocycles. The molecule has 0 spiro atoms. The predicted octanol–water partition coefficient (Wildman–Crippen LogP) is 3.63. The van der Waals surface area contributed by atoms with Gasteiger partial charge in [0.05, 0.1) is 10.7 Å². The Balaban J connectivity index is 2.87. The van der Waals surface area contributed by atoms with E-state index < -0.39 is 12.0 Å². The number of nitrogens with zero attached hydrogens (tertiary/aromatic N) is 1. The van der Waals surface area contributed by atoms with Crippen molar-refractivity contribution >= 4 is 40.9 Å². The zero-order valence-electron chi connectivity index (χ0n) is 11.2. The number of hydrogen-bond acceptors (Lipinski definition) is 2. The van der Waals surface area contributed by atoms with Crippen molar-refractivity contribution < 1.29 is 14.7 Å². The molecule has 0 saturated carbocycles. The van der Waals surface area contributed by atoms with Gasteiger partial charge in [0.15, 0.2) is 0 Å². The molecule has 0 aromatic heterocycles. The highest BCUT2D eigenvalue weighted by atomic mass is 35.5. The van der Waals surface area contributed by atoms with E-state index >= 15 is 0 Å². The van der Waals surface area contributed by atoms with Crippen LogP contribution in [0.3, 0.4) is 0 Å². The zero-order chi connectivity index (χ0) is 15.3. The molecule has 110 valence electrons. The average molecular weight is 319 g/mol. The molecule has 0 atom stereocenters. The SMILES string of the molecule is CCCN(CC(=O)O)C(=O)Nc1cc(Cl)c(C)cc1Cl. The van der Waals surface area contributed by atoms with E-state index in [9.17, 15) is 9.59 Å². The quantitative estimate of drug-likeness (QED) is 0.870. The molecular formula is C13H16Cl2N2O3. The number of amides is 2. The van der Waals surface area contributed by atoms with Gasteiger partial charge in [-0.15, -0.1) is 0 Å². The summed E-state index contributed by atoms with van der Waals surface area (Å²) >= 11 is 12.0. The Morgan fingerprint density at radius 3 is 2.50 bits per heavy atom. The fourth-order valence-electron chi connectivity index (χ4n) is 1.62. The van der Waals surface area contributed by atoms with Gasteiger partial charge >= 0.3 is 12.0 Å². The van der Waals surface area contributed by atoms with Crippen LogP contribution in [0.1, 0.15) is 18.9 Å². The molecule has 1 rings (SSSR count). The number of carboxylic acids is 1. The molecule has 2 N–H and O–H groups in total. The van der Waals surface area contributed by atoms with Gasteiger partial charge in [0.1, 0.15) is 6.54 Å². The van der Waals surface area contributed by atoms with Crippen molar-refractivity contribution in [3.05, 3.63) is 27.7 Å². The molecule has 0 aliphatic carbocycles. The van der Waals surface area contributed by atoms with E-state index in [0.29, 0.717) is 28.7 Å². The average Bonchev–Trinajstić information content (AvgIpc) is 2.34. The van der Waals surface area contributed by atoms with E-state index in [-0.39, 0.29) is 6.54 Å². The lowest BCUT2D eigenvalue weighted by Gasteiger charge is -2.21. The first-order valence-corrected chi connectivity index (χ1v) is 6.84. The van der Waals surface area contributed by atoms with Crippen LogP contribution in [0.2, 0.25) is 10.0 Å². The maximum atomic E-state index is 12.0. The minimum absolute atomic E-state index is 0.343. The second-order valence-corrected chi connectivity index (χ2v) is 5.14. The maximum absolute atomic E-state index is 12.0. The Labute approximate surface area is 127 Å². The summed E-state index contributed by atoms with van der Waals surface area (Å²) in [7, 11) is 0. The van der Waals surface area contributed by atoms with E-state index in [0.717, 1.165) is 5.56 Å². The summed E-state index contributed by atoms with van der Waals surface area (Å²) in [5.74, 6) is -1.07. The van der Waals surface area contributed by atoms with Gasteiger partial charge in [0.25, 0.3) is 0 Å². The van der Waals surface area contributed by atoms with Crippen molar-refractivity contribution in [1.29, 1.82) is 0 Å². The van der Waals surface area contributed by atoms with Crippen molar-refractivity contribution in [1.82, 2.24) is 4.90 Å². The van der Waals surface area contributed by atoms with E-state index in [1.165, 1.54) is 4.90 Å². The molecule has 0 aliphatic rings. The molecule has 2 amide bonds. The molecule has 0 heterocycles. The van der Waals surface area contributed by atoms with Crippen LogP contribution >= 0.6 is 23.2 Å². The molecule has 0 unspecified atom stereocenters. The summed E-state index contributed by atoms with van der Waals surface area (Å²) in [5, 5.41) is 12.2. The van der Waals surface area contributed by atoms with Crippen molar-refractivity contribution in [2.45, 2.75) is 20.3 Å². The third-order valence-corrected chi connectivity index (χ3v) is 3.32. The summed E-state index contributed by atoms with van der Waals surface area (Å²) in [6.45, 7) is 3.64. The number of urea groups is 1. The Kier molecular flexibility index (Phi) is 6.10. The van der Waals surface area contributed by atoms with Gasteiger partial charge < -0.3 is 15.3 Å². The largest absolute Gasteiger partial charge is 0.480 e. The number of aliphatic carboxylic acids is 1. The first kappa shape index (κ1) is 16.6. The zero-order valence-corrected chi connectivity index (χ0v) is 12.8. The second-order valence-electron chi connectivity index (χ2n) is 4.33. The molecule has 0 aliphatic heterocycles. The highest BCUT2D eigenvalue weighted by Gasteiger charge is 2.17. The number of hydrogen-bond donors (Lipinski definition) is 2. The summed E-state index contributed by atoms with van der Waals surface area (Å²) in [5.41, 5.74) is 1.16. The van der Waals surface area contributed by atoms with Crippen molar-refractivity contribution in [2.24, 2.45) is 0 Å².